The van der Waals surface area contributed by atoms with Crippen LogP contribution >= 0.6 is 15.9 Å². The van der Waals surface area contributed by atoms with Gasteiger partial charge in [-0.2, -0.15) is 0 Å². The van der Waals surface area contributed by atoms with E-state index in [9.17, 15) is 0 Å². The molecule has 1 aliphatic rings. The lowest BCUT2D eigenvalue weighted by atomic mass is 10.1. The molecule has 5 heteroatoms. The lowest BCUT2D eigenvalue weighted by Gasteiger charge is -2.13. The van der Waals surface area contributed by atoms with E-state index in [0.29, 0.717) is 6.79 Å². The average Bonchev–Trinajstić information content (AvgIpc) is 2.73. The molecule has 0 fully saturated rings. The Morgan fingerprint density at radius 2 is 2.12 bits per heavy atom. The van der Waals surface area contributed by atoms with E-state index < -0.39 is 0 Å². The van der Waals surface area contributed by atoms with E-state index in [0.717, 1.165) is 34.5 Å². The van der Waals surface area contributed by atoms with Gasteiger partial charge < -0.3 is 19.9 Å². The Balaban J connectivity index is 2.01. The van der Waals surface area contributed by atoms with Crippen molar-refractivity contribution in [3.8, 4) is 11.5 Å². The van der Waals surface area contributed by atoms with Crippen molar-refractivity contribution in [1.29, 1.82) is 0 Å². The van der Waals surface area contributed by atoms with Crippen LogP contribution in [0.1, 0.15) is 18.9 Å². The van der Waals surface area contributed by atoms with Crippen LogP contribution in [-0.2, 0) is 6.54 Å². The highest BCUT2D eigenvalue weighted by Crippen LogP contribution is 2.36. The Morgan fingerprint density at radius 3 is 2.82 bits per heavy atom. The molecule has 4 nitrogen and oxygen atoms in total. The molecule has 0 saturated carbocycles. The molecule has 94 valence electrons. The summed E-state index contributed by atoms with van der Waals surface area (Å²) >= 11 is 3.51. The Kier molecular flexibility index (Phi) is 4.25. The zero-order chi connectivity index (χ0) is 12.3. The molecule has 17 heavy (non-hydrogen) atoms. The van der Waals surface area contributed by atoms with Crippen LogP contribution in [0.5, 0.6) is 11.5 Å². The molecule has 1 aromatic rings. The SMILES string of the molecule is CC(CCO)NCc1cc2c(cc1Br)OCO2. The number of halogens is 1. The molecule has 2 rings (SSSR count). The van der Waals surface area contributed by atoms with Gasteiger partial charge in [-0.3, -0.25) is 0 Å². The smallest absolute Gasteiger partial charge is 0.231 e. The van der Waals surface area contributed by atoms with Crippen LogP contribution in [0, 0.1) is 0 Å². The van der Waals surface area contributed by atoms with Crippen molar-refractivity contribution in [2.45, 2.75) is 25.9 Å². The van der Waals surface area contributed by atoms with E-state index in [2.05, 4.69) is 28.2 Å². The molecule has 1 aliphatic heterocycles. The van der Waals surface area contributed by atoms with E-state index in [1.807, 2.05) is 12.1 Å². The molecule has 1 atom stereocenters. The predicted octanol–water partition coefficient (Wildman–Crippen LogP) is 2.04. The van der Waals surface area contributed by atoms with Gasteiger partial charge in [0.1, 0.15) is 0 Å². The van der Waals surface area contributed by atoms with Gasteiger partial charge in [-0.1, -0.05) is 15.9 Å². The first-order valence-electron chi connectivity index (χ1n) is 5.63. The Hall–Kier alpha value is -0.780. The lowest BCUT2D eigenvalue weighted by Crippen LogP contribution is -2.26. The molecule has 1 aromatic carbocycles. The number of hydrogen-bond acceptors (Lipinski definition) is 4. The third-order valence-electron chi connectivity index (χ3n) is 2.74. The summed E-state index contributed by atoms with van der Waals surface area (Å²) in [7, 11) is 0. The summed E-state index contributed by atoms with van der Waals surface area (Å²) < 4.78 is 11.6. The summed E-state index contributed by atoms with van der Waals surface area (Å²) in [5.74, 6) is 1.57. The van der Waals surface area contributed by atoms with Gasteiger partial charge >= 0.3 is 0 Å². The van der Waals surface area contributed by atoms with Gasteiger partial charge in [0.15, 0.2) is 11.5 Å². The first-order valence-corrected chi connectivity index (χ1v) is 6.42. The molecule has 2 N–H and O–H groups in total. The average molecular weight is 302 g/mol. The molecule has 0 saturated heterocycles. The fourth-order valence-corrected chi connectivity index (χ4v) is 2.14. The van der Waals surface area contributed by atoms with Crippen molar-refractivity contribution >= 4 is 15.9 Å². The van der Waals surface area contributed by atoms with Crippen molar-refractivity contribution < 1.29 is 14.6 Å². The highest BCUT2D eigenvalue weighted by molar-refractivity contribution is 9.10. The quantitative estimate of drug-likeness (QED) is 0.874. The van der Waals surface area contributed by atoms with Gasteiger partial charge in [0.05, 0.1) is 0 Å². The zero-order valence-electron chi connectivity index (χ0n) is 9.70. The number of nitrogens with one attached hydrogen (secondary N) is 1. The summed E-state index contributed by atoms with van der Waals surface area (Å²) in [4.78, 5) is 0. The Morgan fingerprint density at radius 1 is 1.41 bits per heavy atom. The number of fused-ring (bicyclic) bond motifs is 1. The monoisotopic (exact) mass is 301 g/mol. The van der Waals surface area contributed by atoms with Gasteiger partial charge in [-0.05, 0) is 31.0 Å². The van der Waals surface area contributed by atoms with E-state index >= 15 is 0 Å². The highest BCUT2D eigenvalue weighted by atomic mass is 79.9. The van der Waals surface area contributed by atoms with Crippen LogP contribution in [0.4, 0.5) is 0 Å². The van der Waals surface area contributed by atoms with Crippen molar-refractivity contribution in [2.75, 3.05) is 13.4 Å². The van der Waals surface area contributed by atoms with Crippen LogP contribution in [0.3, 0.4) is 0 Å². The maximum atomic E-state index is 8.83. The maximum absolute atomic E-state index is 8.83. The van der Waals surface area contributed by atoms with Crippen molar-refractivity contribution in [1.82, 2.24) is 5.32 Å². The third-order valence-corrected chi connectivity index (χ3v) is 3.48. The van der Waals surface area contributed by atoms with Crippen molar-refractivity contribution in [3.63, 3.8) is 0 Å². The van der Waals surface area contributed by atoms with Crippen LogP contribution in [0.15, 0.2) is 16.6 Å². The number of ether oxygens (including phenoxy) is 2. The molecule has 0 bridgehead atoms. The fourth-order valence-electron chi connectivity index (χ4n) is 1.67. The number of aliphatic hydroxyl groups excluding tert-OH is 1. The third kappa shape index (κ3) is 3.12. The summed E-state index contributed by atoms with van der Waals surface area (Å²) in [5, 5.41) is 12.2. The predicted molar refractivity (Wildman–Crippen MR) is 68.3 cm³/mol. The molecular weight excluding hydrogens is 286 g/mol. The zero-order valence-corrected chi connectivity index (χ0v) is 11.3. The Bertz CT molecular complexity index is 398. The minimum absolute atomic E-state index is 0.205. The maximum Gasteiger partial charge on any atom is 0.231 e. The number of aliphatic hydroxyl groups is 1. The largest absolute Gasteiger partial charge is 0.454 e. The van der Waals surface area contributed by atoms with Gasteiger partial charge in [0, 0.05) is 23.7 Å². The van der Waals surface area contributed by atoms with E-state index in [1.54, 1.807) is 0 Å². The standard InChI is InChI=1S/C12H16BrNO3/c1-8(2-3-15)14-6-9-4-11-12(5-10(9)13)17-7-16-11/h4-5,8,14-15H,2-3,6-7H2,1H3. The van der Waals surface area contributed by atoms with Crippen LogP contribution in [-0.4, -0.2) is 24.5 Å². The minimum atomic E-state index is 0.205. The first-order chi connectivity index (χ1) is 8.20. The number of rotatable bonds is 5. The van der Waals surface area contributed by atoms with E-state index in [1.165, 1.54) is 0 Å². The normalized spacial score (nSPS) is 15.0. The molecule has 0 radical (unpaired) electrons. The second-order valence-electron chi connectivity index (χ2n) is 4.09. The van der Waals surface area contributed by atoms with Gasteiger partial charge in [0.2, 0.25) is 6.79 Å². The molecule has 0 spiro atoms. The van der Waals surface area contributed by atoms with Gasteiger partial charge in [0.25, 0.3) is 0 Å². The molecule has 0 amide bonds. The highest BCUT2D eigenvalue weighted by Gasteiger charge is 2.16. The summed E-state index contributed by atoms with van der Waals surface area (Å²) in [5.41, 5.74) is 1.12. The van der Waals surface area contributed by atoms with Crippen LogP contribution < -0.4 is 14.8 Å². The summed E-state index contributed by atoms with van der Waals surface area (Å²) in [6.07, 6.45) is 0.752. The minimum Gasteiger partial charge on any atom is -0.454 e. The molecule has 1 unspecified atom stereocenters. The second kappa shape index (κ2) is 5.71. The Labute approximate surface area is 109 Å². The summed E-state index contributed by atoms with van der Waals surface area (Å²) in [6, 6.07) is 4.19. The van der Waals surface area contributed by atoms with Crippen molar-refractivity contribution in [3.05, 3.63) is 22.2 Å². The molecule has 1 heterocycles. The van der Waals surface area contributed by atoms with Gasteiger partial charge in [-0.15, -0.1) is 0 Å². The van der Waals surface area contributed by atoms with Crippen molar-refractivity contribution in [2.24, 2.45) is 0 Å². The molecular formula is C12H16BrNO3. The van der Waals surface area contributed by atoms with Crippen LogP contribution in [0.25, 0.3) is 0 Å². The summed E-state index contributed by atoms with van der Waals surface area (Å²) in [6.45, 7) is 3.28. The van der Waals surface area contributed by atoms with Crippen LogP contribution in [0.2, 0.25) is 0 Å². The molecule has 0 aliphatic carbocycles. The number of hydrogen-bond donors (Lipinski definition) is 2. The van der Waals surface area contributed by atoms with E-state index in [4.69, 9.17) is 14.6 Å². The lowest BCUT2D eigenvalue weighted by molar-refractivity contribution is 0.174. The van der Waals surface area contributed by atoms with E-state index in [-0.39, 0.29) is 12.6 Å². The fraction of sp³-hybridized carbons (Fsp3) is 0.500. The second-order valence-corrected chi connectivity index (χ2v) is 4.95. The topological polar surface area (TPSA) is 50.7 Å². The molecule has 0 aromatic heterocycles. The van der Waals surface area contributed by atoms with Gasteiger partial charge in [-0.25, -0.2) is 0 Å². The first kappa shape index (κ1) is 12.7. The number of benzene rings is 1.